The van der Waals surface area contributed by atoms with Crippen LogP contribution in [0.15, 0.2) is 56.4 Å². The van der Waals surface area contributed by atoms with Crippen LogP contribution >= 0.6 is 39.0 Å². The Morgan fingerprint density at radius 2 is 2.21 bits per heavy atom. The Hall–Kier alpha value is -1.90. The summed E-state index contributed by atoms with van der Waals surface area (Å²) in [7, 11) is 0. The number of amides is 1. The minimum Gasteiger partial charge on any atom is -0.493 e. The number of halogens is 1. The predicted octanol–water partition coefficient (Wildman–Crippen LogP) is 5.87. The highest BCUT2D eigenvalue weighted by Crippen LogP contribution is 2.31. The number of para-hydroxylation sites is 1. The third-order valence-electron chi connectivity index (χ3n) is 4.03. The van der Waals surface area contributed by atoms with Crippen molar-refractivity contribution in [2.75, 3.05) is 6.61 Å². The molecule has 3 rings (SSSR count). The smallest absolute Gasteiger partial charge is 0.253 e. The molecule has 0 saturated carbocycles. The van der Waals surface area contributed by atoms with E-state index in [-0.39, 0.29) is 11.2 Å². The number of fused-ring (bicyclic) bond motifs is 1. The Kier molecular flexibility index (Phi) is 8.09. The Morgan fingerprint density at radius 3 is 3.00 bits per heavy atom. The zero-order valence-corrected chi connectivity index (χ0v) is 19.4. The van der Waals surface area contributed by atoms with Crippen molar-refractivity contribution in [3.63, 3.8) is 0 Å². The number of nitrogens with one attached hydrogen (secondary N) is 1. The molecule has 0 radical (unpaired) electrons. The van der Waals surface area contributed by atoms with Crippen molar-refractivity contribution in [2.24, 2.45) is 5.10 Å². The molecule has 0 aliphatic rings. The normalized spacial score (nSPS) is 12.4. The van der Waals surface area contributed by atoms with Crippen molar-refractivity contribution >= 4 is 61.4 Å². The van der Waals surface area contributed by atoms with Gasteiger partial charge in [0.15, 0.2) is 4.34 Å². The average molecular weight is 492 g/mol. The van der Waals surface area contributed by atoms with Gasteiger partial charge in [0.2, 0.25) is 0 Å². The van der Waals surface area contributed by atoms with Crippen LogP contribution < -0.4 is 10.2 Å². The summed E-state index contributed by atoms with van der Waals surface area (Å²) in [5, 5.41) is 3.81. The van der Waals surface area contributed by atoms with E-state index >= 15 is 0 Å². The maximum atomic E-state index is 12.4. The lowest BCUT2D eigenvalue weighted by Crippen LogP contribution is -2.26. The fourth-order valence-corrected chi connectivity index (χ4v) is 5.02. The summed E-state index contributed by atoms with van der Waals surface area (Å²) in [4.78, 5) is 17.0. The fraction of sp³-hybridized carbons (Fsp3) is 0.286. The van der Waals surface area contributed by atoms with E-state index in [2.05, 4.69) is 38.4 Å². The van der Waals surface area contributed by atoms with E-state index in [0.29, 0.717) is 6.61 Å². The number of unbranched alkanes of at least 4 members (excludes halogenated alkanes) is 1. The van der Waals surface area contributed by atoms with E-state index in [0.717, 1.165) is 43.2 Å². The van der Waals surface area contributed by atoms with Gasteiger partial charge in [-0.15, -0.1) is 11.3 Å². The highest BCUT2D eigenvalue weighted by Gasteiger charge is 2.16. The van der Waals surface area contributed by atoms with Crippen LogP contribution in [0.2, 0.25) is 0 Å². The number of aromatic nitrogens is 1. The number of hydrazone groups is 1. The van der Waals surface area contributed by atoms with Gasteiger partial charge in [-0.1, -0.05) is 53.2 Å². The predicted molar refractivity (Wildman–Crippen MR) is 125 cm³/mol. The zero-order valence-electron chi connectivity index (χ0n) is 16.2. The summed E-state index contributed by atoms with van der Waals surface area (Å²) in [6.45, 7) is 4.62. The Bertz CT molecular complexity index is 974. The van der Waals surface area contributed by atoms with Gasteiger partial charge in [-0.3, -0.25) is 4.79 Å². The van der Waals surface area contributed by atoms with Crippen molar-refractivity contribution in [1.29, 1.82) is 0 Å². The second-order valence-corrected chi connectivity index (χ2v) is 9.86. The fourth-order valence-electron chi connectivity index (χ4n) is 2.44. The molecule has 0 aliphatic carbocycles. The first kappa shape index (κ1) is 21.8. The van der Waals surface area contributed by atoms with Gasteiger partial charge in [0.05, 0.1) is 28.3 Å². The van der Waals surface area contributed by atoms with Crippen LogP contribution in [0.4, 0.5) is 0 Å². The number of thiazole rings is 1. The first-order valence-electron chi connectivity index (χ1n) is 9.34. The molecule has 1 amide bonds. The van der Waals surface area contributed by atoms with Gasteiger partial charge >= 0.3 is 0 Å². The van der Waals surface area contributed by atoms with E-state index < -0.39 is 0 Å². The topological polar surface area (TPSA) is 63.6 Å². The average Bonchev–Trinajstić information content (AvgIpc) is 3.11. The van der Waals surface area contributed by atoms with Gasteiger partial charge in [-0.2, -0.15) is 5.10 Å². The molecule has 0 fully saturated rings. The maximum absolute atomic E-state index is 12.4. The van der Waals surface area contributed by atoms with Gasteiger partial charge in [-0.25, -0.2) is 10.4 Å². The highest BCUT2D eigenvalue weighted by atomic mass is 79.9. The molecular formula is C21H22BrN3O2S2. The van der Waals surface area contributed by atoms with Gasteiger partial charge in [0, 0.05) is 10.0 Å². The van der Waals surface area contributed by atoms with Gasteiger partial charge in [-0.05, 0) is 43.7 Å². The maximum Gasteiger partial charge on any atom is 0.253 e. The first-order valence-corrected chi connectivity index (χ1v) is 11.8. The molecule has 1 heterocycles. The Balaban J connectivity index is 1.59. The van der Waals surface area contributed by atoms with Crippen LogP contribution in [0.3, 0.4) is 0 Å². The molecule has 1 aromatic heterocycles. The molecule has 8 heteroatoms. The molecule has 2 aromatic carbocycles. The second kappa shape index (κ2) is 10.8. The summed E-state index contributed by atoms with van der Waals surface area (Å²) < 4.78 is 8.72. The second-order valence-electron chi connectivity index (χ2n) is 6.33. The van der Waals surface area contributed by atoms with Gasteiger partial charge < -0.3 is 4.74 Å². The highest BCUT2D eigenvalue weighted by molar-refractivity contribution is 9.10. The van der Waals surface area contributed by atoms with Crippen molar-refractivity contribution < 1.29 is 9.53 Å². The van der Waals surface area contributed by atoms with Crippen LogP contribution in [0.1, 0.15) is 32.3 Å². The molecule has 0 unspecified atom stereocenters. The molecule has 0 aliphatic heterocycles. The molecule has 152 valence electrons. The van der Waals surface area contributed by atoms with Crippen molar-refractivity contribution in [2.45, 2.75) is 36.3 Å². The minimum absolute atomic E-state index is 0.172. The minimum atomic E-state index is -0.310. The lowest BCUT2D eigenvalue weighted by Gasteiger charge is -2.09. The van der Waals surface area contributed by atoms with E-state index in [1.807, 2.05) is 49.4 Å². The van der Waals surface area contributed by atoms with Crippen molar-refractivity contribution in [3.05, 3.63) is 52.5 Å². The molecule has 29 heavy (non-hydrogen) atoms. The number of benzene rings is 2. The van der Waals surface area contributed by atoms with E-state index in [1.54, 1.807) is 17.6 Å². The van der Waals surface area contributed by atoms with Crippen molar-refractivity contribution in [3.8, 4) is 5.75 Å². The summed E-state index contributed by atoms with van der Waals surface area (Å²) in [6.07, 6.45) is 3.67. The molecule has 0 bridgehead atoms. The van der Waals surface area contributed by atoms with Gasteiger partial charge in [0.1, 0.15) is 5.75 Å². The summed E-state index contributed by atoms with van der Waals surface area (Å²) in [5.41, 5.74) is 4.38. The largest absolute Gasteiger partial charge is 0.493 e. The van der Waals surface area contributed by atoms with Crippen LogP contribution in [-0.2, 0) is 4.79 Å². The number of hydrogen-bond acceptors (Lipinski definition) is 6. The molecule has 1 N–H and O–H groups in total. The Labute approximate surface area is 187 Å². The number of carbonyl (C=O) groups is 1. The molecular weight excluding hydrogens is 470 g/mol. The van der Waals surface area contributed by atoms with E-state index in [4.69, 9.17) is 4.74 Å². The Morgan fingerprint density at radius 1 is 1.38 bits per heavy atom. The van der Waals surface area contributed by atoms with Crippen LogP contribution in [0, 0.1) is 0 Å². The van der Waals surface area contributed by atoms with Crippen LogP contribution in [-0.4, -0.2) is 29.0 Å². The third kappa shape index (κ3) is 6.29. The quantitative estimate of drug-likeness (QED) is 0.176. The summed E-state index contributed by atoms with van der Waals surface area (Å²) in [6, 6.07) is 13.7. The van der Waals surface area contributed by atoms with E-state index in [1.165, 1.54) is 11.8 Å². The number of rotatable bonds is 9. The molecule has 0 saturated heterocycles. The third-order valence-corrected chi connectivity index (χ3v) is 6.75. The van der Waals surface area contributed by atoms with E-state index in [9.17, 15) is 4.79 Å². The summed E-state index contributed by atoms with van der Waals surface area (Å²) in [5.74, 6) is 0.575. The van der Waals surface area contributed by atoms with Crippen LogP contribution in [0.25, 0.3) is 10.2 Å². The number of thioether (sulfide) groups is 1. The number of hydrogen-bond donors (Lipinski definition) is 1. The molecule has 0 spiro atoms. The van der Waals surface area contributed by atoms with Gasteiger partial charge in [0.25, 0.3) is 5.91 Å². The standard InChI is InChI=1S/C21H22BrN3O2S2/c1-3-4-11-27-18-10-9-16(22)12-15(18)13-23-25-20(26)14(2)28-21-24-17-7-5-6-8-19(17)29-21/h5-10,12-14H,3-4,11H2,1-2H3,(H,25,26)/b23-13-/t14-/m1/s1. The lowest BCUT2D eigenvalue weighted by atomic mass is 10.2. The molecule has 3 aromatic rings. The SMILES string of the molecule is CCCCOc1ccc(Br)cc1/C=N\NC(=O)[C@@H](C)Sc1nc2ccccc2s1. The molecule has 1 atom stereocenters. The number of carbonyl (C=O) groups excluding carboxylic acids is 1. The van der Waals surface area contributed by atoms with Crippen LogP contribution in [0.5, 0.6) is 5.75 Å². The monoisotopic (exact) mass is 491 g/mol. The zero-order chi connectivity index (χ0) is 20.6. The lowest BCUT2D eigenvalue weighted by molar-refractivity contribution is -0.120. The number of ether oxygens (including phenoxy) is 1. The molecule has 5 nitrogen and oxygen atoms in total. The first-order chi connectivity index (χ1) is 14.1. The number of nitrogens with zero attached hydrogens (tertiary/aromatic N) is 2. The van der Waals surface area contributed by atoms with Crippen molar-refractivity contribution in [1.82, 2.24) is 10.4 Å². The summed E-state index contributed by atoms with van der Waals surface area (Å²) >= 11 is 6.48.